The number of aromatic nitrogens is 1. The first kappa shape index (κ1) is 14.0. The van der Waals surface area contributed by atoms with Crippen molar-refractivity contribution in [3.63, 3.8) is 0 Å². The molecular weight excluding hydrogens is 242 g/mol. The molecule has 102 valence electrons. The molecule has 0 aromatic carbocycles. The van der Waals surface area contributed by atoms with Crippen LogP contribution < -0.4 is 11.3 Å². The summed E-state index contributed by atoms with van der Waals surface area (Å²) in [5, 5.41) is 3.32. The average Bonchev–Trinajstić information content (AvgIpc) is 2.81. The van der Waals surface area contributed by atoms with Crippen LogP contribution in [0.4, 0.5) is 0 Å². The van der Waals surface area contributed by atoms with E-state index in [2.05, 4.69) is 29.6 Å². The summed E-state index contributed by atoms with van der Waals surface area (Å²) in [6, 6.07) is 0.390. The highest BCUT2D eigenvalue weighted by molar-refractivity contribution is 7.09. The van der Waals surface area contributed by atoms with Crippen molar-refractivity contribution in [3.8, 4) is 0 Å². The van der Waals surface area contributed by atoms with Crippen LogP contribution in [0.15, 0.2) is 5.38 Å². The molecule has 1 aliphatic rings. The number of nitrogens with two attached hydrogens (primary N) is 1. The van der Waals surface area contributed by atoms with Crippen LogP contribution in [-0.2, 0) is 6.42 Å². The van der Waals surface area contributed by atoms with Crippen LogP contribution in [0.2, 0.25) is 0 Å². The molecule has 0 bridgehead atoms. The summed E-state index contributed by atoms with van der Waals surface area (Å²) in [5.41, 5.74) is 4.23. The molecule has 0 saturated heterocycles. The topological polar surface area (TPSA) is 50.9 Å². The molecule has 1 saturated carbocycles. The van der Waals surface area contributed by atoms with Gasteiger partial charge in [0.05, 0.1) is 10.7 Å². The lowest BCUT2D eigenvalue weighted by Gasteiger charge is -2.33. The maximum Gasteiger partial charge on any atom is 0.0897 e. The SMILES string of the molecule is CCC1CCCC(C(Cc2csc(C)n2)NN)C1. The Morgan fingerprint density at radius 1 is 1.56 bits per heavy atom. The van der Waals surface area contributed by atoms with Crippen molar-refractivity contribution in [2.45, 2.75) is 58.4 Å². The van der Waals surface area contributed by atoms with E-state index in [1.165, 1.54) is 37.8 Å². The second-order valence-corrected chi connectivity index (χ2v) is 6.60. The van der Waals surface area contributed by atoms with Crippen molar-refractivity contribution in [1.82, 2.24) is 10.4 Å². The molecule has 3 nitrogen and oxygen atoms in total. The van der Waals surface area contributed by atoms with Crippen LogP contribution in [0, 0.1) is 18.8 Å². The summed E-state index contributed by atoms with van der Waals surface area (Å²) in [7, 11) is 0. The molecule has 3 atom stereocenters. The number of hydrogen-bond donors (Lipinski definition) is 2. The van der Waals surface area contributed by atoms with Crippen molar-refractivity contribution in [2.75, 3.05) is 0 Å². The van der Waals surface area contributed by atoms with Gasteiger partial charge in [-0.3, -0.25) is 11.3 Å². The summed E-state index contributed by atoms with van der Waals surface area (Å²) < 4.78 is 0. The molecule has 0 spiro atoms. The highest BCUT2D eigenvalue weighted by Gasteiger charge is 2.27. The van der Waals surface area contributed by atoms with E-state index in [9.17, 15) is 0 Å². The zero-order valence-corrected chi connectivity index (χ0v) is 12.3. The maximum absolute atomic E-state index is 5.77. The third-order valence-corrected chi connectivity index (χ3v) is 5.10. The fourth-order valence-corrected chi connectivity index (χ4v) is 3.78. The van der Waals surface area contributed by atoms with E-state index in [-0.39, 0.29) is 0 Å². The molecule has 3 N–H and O–H groups in total. The molecule has 3 unspecified atom stereocenters. The van der Waals surface area contributed by atoms with Gasteiger partial charge in [-0.25, -0.2) is 4.98 Å². The minimum atomic E-state index is 0.390. The smallest absolute Gasteiger partial charge is 0.0897 e. The van der Waals surface area contributed by atoms with Crippen molar-refractivity contribution >= 4 is 11.3 Å². The van der Waals surface area contributed by atoms with Crippen LogP contribution in [0.25, 0.3) is 0 Å². The molecule has 1 aromatic rings. The number of nitrogens with zero attached hydrogens (tertiary/aromatic N) is 1. The molecule has 0 radical (unpaired) electrons. The lowest BCUT2D eigenvalue weighted by Crippen LogP contribution is -2.44. The van der Waals surface area contributed by atoms with Gasteiger partial charge in [-0.15, -0.1) is 11.3 Å². The highest BCUT2D eigenvalue weighted by atomic mass is 32.1. The molecule has 1 fully saturated rings. The second kappa shape index (κ2) is 6.64. The van der Waals surface area contributed by atoms with Crippen LogP contribution in [-0.4, -0.2) is 11.0 Å². The Hall–Kier alpha value is -0.450. The molecule has 0 amide bonds. The highest BCUT2D eigenvalue weighted by Crippen LogP contribution is 2.33. The fraction of sp³-hybridized carbons (Fsp3) is 0.786. The van der Waals surface area contributed by atoms with Gasteiger partial charge >= 0.3 is 0 Å². The number of hydrogen-bond acceptors (Lipinski definition) is 4. The Bertz CT molecular complexity index is 364. The van der Waals surface area contributed by atoms with Gasteiger partial charge in [-0.05, 0) is 31.6 Å². The third kappa shape index (κ3) is 3.53. The summed E-state index contributed by atoms with van der Waals surface area (Å²) in [4.78, 5) is 4.56. The summed E-state index contributed by atoms with van der Waals surface area (Å²) >= 11 is 1.73. The van der Waals surface area contributed by atoms with E-state index in [0.29, 0.717) is 6.04 Å². The Morgan fingerprint density at radius 2 is 2.39 bits per heavy atom. The van der Waals surface area contributed by atoms with Gasteiger partial charge < -0.3 is 0 Å². The van der Waals surface area contributed by atoms with E-state index in [4.69, 9.17) is 5.84 Å². The normalized spacial score (nSPS) is 26.2. The first-order valence-corrected chi connectivity index (χ1v) is 7.98. The Morgan fingerprint density at radius 3 is 3.00 bits per heavy atom. The number of aryl methyl sites for hydroxylation is 1. The van der Waals surface area contributed by atoms with Crippen LogP contribution in [0.1, 0.15) is 49.7 Å². The van der Waals surface area contributed by atoms with Crippen LogP contribution in [0.5, 0.6) is 0 Å². The quantitative estimate of drug-likeness (QED) is 0.637. The first-order valence-electron chi connectivity index (χ1n) is 7.10. The van der Waals surface area contributed by atoms with Crippen molar-refractivity contribution in [1.29, 1.82) is 0 Å². The van der Waals surface area contributed by atoms with Crippen LogP contribution in [0.3, 0.4) is 0 Å². The summed E-state index contributed by atoms with van der Waals surface area (Å²) in [6.07, 6.45) is 7.69. The summed E-state index contributed by atoms with van der Waals surface area (Å²) in [5.74, 6) is 7.39. The predicted molar refractivity (Wildman–Crippen MR) is 77.4 cm³/mol. The molecule has 1 heterocycles. The van der Waals surface area contributed by atoms with Crippen LogP contribution >= 0.6 is 11.3 Å². The second-order valence-electron chi connectivity index (χ2n) is 5.54. The number of hydrazine groups is 1. The summed E-state index contributed by atoms with van der Waals surface area (Å²) in [6.45, 7) is 4.37. The minimum absolute atomic E-state index is 0.390. The maximum atomic E-state index is 5.77. The Labute approximate surface area is 114 Å². The lowest BCUT2D eigenvalue weighted by molar-refractivity contribution is 0.207. The van der Waals surface area contributed by atoms with Crippen molar-refractivity contribution in [3.05, 3.63) is 16.1 Å². The van der Waals surface area contributed by atoms with Gasteiger partial charge in [0, 0.05) is 17.8 Å². The number of rotatable bonds is 5. The van der Waals surface area contributed by atoms with Gasteiger partial charge in [0.2, 0.25) is 0 Å². The molecule has 0 aliphatic heterocycles. The molecule has 1 aliphatic carbocycles. The van der Waals surface area contributed by atoms with Gasteiger partial charge in [-0.1, -0.05) is 26.2 Å². The minimum Gasteiger partial charge on any atom is -0.271 e. The van der Waals surface area contributed by atoms with Gasteiger partial charge in [0.1, 0.15) is 0 Å². The zero-order valence-electron chi connectivity index (χ0n) is 11.5. The fourth-order valence-electron chi connectivity index (χ4n) is 3.16. The Kier molecular flexibility index (Phi) is 5.15. The van der Waals surface area contributed by atoms with Crippen molar-refractivity contribution in [2.24, 2.45) is 17.7 Å². The Balaban J connectivity index is 1.95. The largest absolute Gasteiger partial charge is 0.271 e. The lowest BCUT2D eigenvalue weighted by atomic mass is 9.76. The van der Waals surface area contributed by atoms with E-state index in [1.54, 1.807) is 11.3 Å². The van der Waals surface area contributed by atoms with E-state index in [0.717, 1.165) is 23.3 Å². The first-order chi connectivity index (χ1) is 8.72. The van der Waals surface area contributed by atoms with Crippen molar-refractivity contribution < 1.29 is 0 Å². The molecule has 2 rings (SSSR count). The number of thiazole rings is 1. The average molecular weight is 267 g/mol. The standard InChI is InChI=1S/C14H25N3S/c1-3-11-5-4-6-12(7-11)14(17-15)8-13-9-18-10(2)16-13/h9,11-12,14,17H,3-8,15H2,1-2H3. The molecule has 1 aromatic heterocycles. The zero-order chi connectivity index (χ0) is 13.0. The van der Waals surface area contributed by atoms with Gasteiger partial charge in [-0.2, -0.15) is 0 Å². The van der Waals surface area contributed by atoms with Gasteiger partial charge in [0.15, 0.2) is 0 Å². The monoisotopic (exact) mass is 267 g/mol. The van der Waals surface area contributed by atoms with E-state index < -0.39 is 0 Å². The molecular formula is C14H25N3S. The van der Waals surface area contributed by atoms with E-state index >= 15 is 0 Å². The van der Waals surface area contributed by atoms with E-state index in [1.807, 2.05) is 0 Å². The predicted octanol–water partition coefficient (Wildman–Crippen LogP) is 3.04. The van der Waals surface area contributed by atoms with Gasteiger partial charge in [0.25, 0.3) is 0 Å². The molecule has 4 heteroatoms. The number of nitrogens with one attached hydrogen (secondary N) is 1. The third-order valence-electron chi connectivity index (χ3n) is 4.28. The molecule has 18 heavy (non-hydrogen) atoms.